The number of benzene rings is 1. The number of carbonyl (C=O) groups excluding carboxylic acids is 3. The van der Waals surface area contributed by atoms with Crippen molar-refractivity contribution in [3.05, 3.63) is 53.3 Å². The molecule has 1 aromatic carbocycles. The van der Waals surface area contributed by atoms with Crippen molar-refractivity contribution in [1.29, 1.82) is 0 Å². The summed E-state index contributed by atoms with van der Waals surface area (Å²) in [5.74, 6) is -0.232. The first kappa shape index (κ1) is 19.2. The molecule has 0 radical (unpaired) electrons. The molecule has 2 aliphatic rings. The van der Waals surface area contributed by atoms with Crippen LogP contribution in [0.5, 0.6) is 0 Å². The summed E-state index contributed by atoms with van der Waals surface area (Å²) in [4.78, 5) is 41.3. The van der Waals surface area contributed by atoms with Crippen LogP contribution < -0.4 is 5.32 Å². The quantitative estimate of drug-likeness (QED) is 0.793. The summed E-state index contributed by atoms with van der Waals surface area (Å²) in [5, 5.41) is 6.76. The Labute approximate surface area is 169 Å². The summed E-state index contributed by atoms with van der Waals surface area (Å²) in [5.41, 5.74) is 1.86. The predicted molar refractivity (Wildman–Crippen MR) is 106 cm³/mol. The highest BCUT2D eigenvalue weighted by molar-refractivity contribution is 6.07. The van der Waals surface area contributed by atoms with Crippen LogP contribution in [0.1, 0.15) is 29.7 Å². The van der Waals surface area contributed by atoms with Gasteiger partial charge in [-0.15, -0.1) is 0 Å². The van der Waals surface area contributed by atoms with Gasteiger partial charge in [-0.25, -0.2) is 4.79 Å². The van der Waals surface area contributed by atoms with Crippen molar-refractivity contribution in [2.45, 2.75) is 38.3 Å². The molecule has 2 saturated heterocycles. The van der Waals surface area contributed by atoms with Gasteiger partial charge in [-0.1, -0.05) is 30.3 Å². The third kappa shape index (κ3) is 3.50. The largest absolute Gasteiger partial charge is 0.342 e. The summed E-state index contributed by atoms with van der Waals surface area (Å²) in [6, 6.07) is 9.28. The van der Waals surface area contributed by atoms with Crippen LogP contribution in [0.25, 0.3) is 0 Å². The van der Waals surface area contributed by atoms with E-state index in [9.17, 15) is 14.4 Å². The molecular formula is C21H25N5O3. The maximum atomic E-state index is 12.8. The second-order valence-electron chi connectivity index (χ2n) is 7.83. The molecule has 152 valence electrons. The summed E-state index contributed by atoms with van der Waals surface area (Å²) < 4.78 is 1.71. The number of nitrogens with zero attached hydrogens (tertiary/aromatic N) is 4. The Hall–Kier alpha value is -3.16. The Morgan fingerprint density at radius 2 is 1.86 bits per heavy atom. The number of likely N-dealkylation sites (tertiary alicyclic amines) is 1. The Bertz CT molecular complexity index is 944. The lowest BCUT2D eigenvalue weighted by Crippen LogP contribution is -2.57. The number of imide groups is 1. The summed E-state index contributed by atoms with van der Waals surface area (Å²) in [6.45, 7) is 3.17. The minimum absolute atomic E-state index is 0.0234. The van der Waals surface area contributed by atoms with E-state index < -0.39 is 5.54 Å². The van der Waals surface area contributed by atoms with Crippen LogP contribution in [0.3, 0.4) is 0 Å². The minimum atomic E-state index is -0.881. The zero-order valence-electron chi connectivity index (χ0n) is 16.7. The normalized spacial score (nSPS) is 18.4. The Balaban J connectivity index is 1.46. The molecule has 0 bridgehead atoms. The molecular weight excluding hydrogens is 370 g/mol. The van der Waals surface area contributed by atoms with Crippen LogP contribution in [-0.2, 0) is 29.6 Å². The monoisotopic (exact) mass is 395 g/mol. The van der Waals surface area contributed by atoms with Gasteiger partial charge in [0.15, 0.2) is 0 Å². The van der Waals surface area contributed by atoms with Crippen molar-refractivity contribution in [3.8, 4) is 0 Å². The van der Waals surface area contributed by atoms with Crippen LogP contribution in [-0.4, -0.2) is 56.1 Å². The lowest BCUT2D eigenvalue weighted by atomic mass is 9.85. The molecule has 4 rings (SSSR count). The number of aryl methyl sites for hydroxylation is 2. The SMILES string of the molecule is Cc1nn(C)cc1CC(=O)N1CCC2(CC1)C(=O)NC(=O)N2Cc1ccccc1. The third-order valence-electron chi connectivity index (χ3n) is 5.99. The molecule has 4 amide bonds. The molecule has 8 nitrogen and oxygen atoms in total. The van der Waals surface area contributed by atoms with Gasteiger partial charge in [0.25, 0.3) is 5.91 Å². The second-order valence-corrected chi connectivity index (χ2v) is 7.83. The summed E-state index contributed by atoms with van der Waals surface area (Å²) >= 11 is 0. The highest BCUT2D eigenvalue weighted by Crippen LogP contribution is 2.34. The highest BCUT2D eigenvalue weighted by atomic mass is 16.2. The molecule has 0 saturated carbocycles. The van der Waals surface area contributed by atoms with E-state index in [1.54, 1.807) is 14.5 Å². The van der Waals surface area contributed by atoms with Crippen molar-refractivity contribution in [2.75, 3.05) is 13.1 Å². The maximum Gasteiger partial charge on any atom is 0.325 e. The van der Waals surface area contributed by atoms with Gasteiger partial charge < -0.3 is 9.80 Å². The lowest BCUT2D eigenvalue weighted by molar-refractivity contribution is -0.137. The topological polar surface area (TPSA) is 87.5 Å². The Morgan fingerprint density at radius 1 is 1.17 bits per heavy atom. The molecule has 3 heterocycles. The number of urea groups is 1. The fourth-order valence-corrected chi connectivity index (χ4v) is 4.31. The van der Waals surface area contributed by atoms with Crippen molar-refractivity contribution < 1.29 is 14.4 Å². The second kappa shape index (κ2) is 7.35. The number of carbonyl (C=O) groups is 3. The summed E-state index contributed by atoms with van der Waals surface area (Å²) in [6.07, 6.45) is 3.04. The van der Waals surface area contributed by atoms with Crippen molar-refractivity contribution >= 4 is 17.8 Å². The molecule has 0 aliphatic carbocycles. The smallest absolute Gasteiger partial charge is 0.325 e. The van der Waals surface area contributed by atoms with Crippen molar-refractivity contribution in [2.24, 2.45) is 7.05 Å². The number of aromatic nitrogens is 2. The molecule has 2 aliphatic heterocycles. The van der Waals surface area contributed by atoms with Crippen molar-refractivity contribution in [3.63, 3.8) is 0 Å². The van der Waals surface area contributed by atoms with E-state index in [1.807, 2.05) is 50.5 Å². The van der Waals surface area contributed by atoms with Crippen LogP contribution >= 0.6 is 0 Å². The van der Waals surface area contributed by atoms with Gasteiger partial charge in [0.05, 0.1) is 12.1 Å². The zero-order chi connectivity index (χ0) is 20.6. The van der Waals surface area contributed by atoms with E-state index in [4.69, 9.17) is 0 Å². The van der Waals surface area contributed by atoms with E-state index in [0.29, 0.717) is 38.9 Å². The first-order valence-corrected chi connectivity index (χ1v) is 9.83. The van der Waals surface area contributed by atoms with Crippen LogP contribution in [0.15, 0.2) is 36.5 Å². The average Bonchev–Trinajstić information content (AvgIpc) is 3.13. The van der Waals surface area contributed by atoms with Crippen LogP contribution in [0, 0.1) is 6.92 Å². The van der Waals surface area contributed by atoms with Crippen LogP contribution in [0.4, 0.5) is 4.79 Å². The standard InChI is InChI=1S/C21H25N5O3/c1-15-17(14-24(2)23-15)12-18(27)25-10-8-21(9-11-25)19(28)22-20(29)26(21)13-16-6-4-3-5-7-16/h3-7,14H,8-13H2,1-2H3,(H,22,28,29). The Morgan fingerprint density at radius 3 is 2.48 bits per heavy atom. The fraction of sp³-hybridized carbons (Fsp3) is 0.429. The van der Waals surface area contributed by atoms with E-state index in [1.165, 1.54) is 0 Å². The first-order valence-electron chi connectivity index (χ1n) is 9.83. The lowest BCUT2D eigenvalue weighted by Gasteiger charge is -2.42. The number of hydrogen-bond donors (Lipinski definition) is 1. The highest BCUT2D eigenvalue weighted by Gasteiger charge is 2.54. The van der Waals surface area contributed by atoms with Gasteiger partial charge in [-0.2, -0.15) is 5.10 Å². The van der Waals surface area contributed by atoms with Gasteiger partial charge in [-0.3, -0.25) is 19.6 Å². The van der Waals surface area contributed by atoms with Crippen LogP contribution in [0.2, 0.25) is 0 Å². The van der Waals surface area contributed by atoms with Crippen molar-refractivity contribution in [1.82, 2.24) is 24.9 Å². The molecule has 1 N–H and O–H groups in total. The maximum absolute atomic E-state index is 12.8. The van der Waals surface area contributed by atoms with E-state index in [2.05, 4.69) is 10.4 Å². The van der Waals surface area contributed by atoms with Gasteiger partial charge in [0, 0.05) is 38.4 Å². The molecule has 0 atom stereocenters. The Kier molecular flexibility index (Phi) is 4.86. The number of amides is 4. The molecule has 2 fully saturated rings. The third-order valence-corrected chi connectivity index (χ3v) is 5.99. The fourth-order valence-electron chi connectivity index (χ4n) is 4.31. The number of nitrogens with one attached hydrogen (secondary N) is 1. The molecule has 0 unspecified atom stereocenters. The summed E-state index contributed by atoms with van der Waals surface area (Å²) in [7, 11) is 1.84. The molecule has 1 aromatic heterocycles. The van der Waals surface area contributed by atoms with Gasteiger partial charge >= 0.3 is 6.03 Å². The average molecular weight is 395 g/mol. The van der Waals surface area contributed by atoms with Gasteiger partial charge in [0.1, 0.15) is 5.54 Å². The van der Waals surface area contributed by atoms with E-state index in [0.717, 1.165) is 16.8 Å². The van der Waals surface area contributed by atoms with E-state index in [-0.39, 0.29) is 17.8 Å². The van der Waals surface area contributed by atoms with E-state index >= 15 is 0 Å². The zero-order valence-corrected chi connectivity index (χ0v) is 16.7. The molecule has 2 aromatic rings. The minimum Gasteiger partial charge on any atom is -0.342 e. The molecule has 1 spiro atoms. The number of piperidine rings is 1. The molecule has 8 heteroatoms. The molecule has 29 heavy (non-hydrogen) atoms. The predicted octanol–water partition coefficient (Wildman–Crippen LogP) is 1.38. The van der Waals surface area contributed by atoms with Gasteiger partial charge in [0.2, 0.25) is 5.91 Å². The number of rotatable bonds is 4. The van der Waals surface area contributed by atoms with Gasteiger partial charge in [-0.05, 0) is 25.3 Å². The number of hydrogen-bond acceptors (Lipinski definition) is 4. The first-order chi connectivity index (χ1) is 13.9.